The van der Waals surface area contributed by atoms with Gasteiger partial charge in [0.05, 0.1) is 6.20 Å². The molecule has 6 nitrogen and oxygen atoms in total. The van der Waals surface area contributed by atoms with Gasteiger partial charge in [0, 0.05) is 25.8 Å². The van der Waals surface area contributed by atoms with Gasteiger partial charge in [-0.1, -0.05) is 30.3 Å². The number of rotatable bonds is 5. The fraction of sp³-hybridized carbons (Fsp3) is 0.250. The van der Waals surface area contributed by atoms with Crippen LogP contribution in [0.3, 0.4) is 0 Å². The lowest BCUT2D eigenvalue weighted by Gasteiger charge is -2.12. The second kappa shape index (κ2) is 5.52. The Kier molecular flexibility index (Phi) is 3.98. The molecule has 1 heterocycles. The number of aryl methyl sites for hydroxylation is 1. The third-order valence-electron chi connectivity index (χ3n) is 2.71. The molecule has 102 valence electrons. The van der Waals surface area contributed by atoms with E-state index in [9.17, 15) is 8.42 Å². The van der Waals surface area contributed by atoms with Crippen LogP contribution in [-0.4, -0.2) is 24.7 Å². The van der Waals surface area contributed by atoms with Gasteiger partial charge in [0.15, 0.2) is 0 Å². The first kappa shape index (κ1) is 13.7. The minimum Gasteiger partial charge on any atom is -0.323 e. The van der Waals surface area contributed by atoms with Crippen LogP contribution in [0.4, 0.5) is 0 Å². The van der Waals surface area contributed by atoms with Crippen LogP contribution in [0.15, 0.2) is 47.6 Å². The third kappa shape index (κ3) is 3.40. The Morgan fingerprint density at radius 1 is 1.37 bits per heavy atom. The number of sulfonamides is 1. The Morgan fingerprint density at radius 3 is 2.63 bits per heavy atom. The Hall–Kier alpha value is -1.70. The fourth-order valence-electron chi connectivity index (χ4n) is 1.64. The molecule has 0 fully saturated rings. The topological polar surface area (TPSA) is 90.0 Å². The van der Waals surface area contributed by atoms with Gasteiger partial charge < -0.3 is 5.73 Å². The van der Waals surface area contributed by atoms with Crippen LogP contribution >= 0.6 is 0 Å². The van der Waals surface area contributed by atoms with Gasteiger partial charge >= 0.3 is 0 Å². The predicted molar refractivity (Wildman–Crippen MR) is 71.8 cm³/mol. The van der Waals surface area contributed by atoms with Gasteiger partial charge in [0.25, 0.3) is 0 Å². The summed E-state index contributed by atoms with van der Waals surface area (Å²) in [5, 5.41) is 3.83. The summed E-state index contributed by atoms with van der Waals surface area (Å²) >= 11 is 0. The molecule has 1 aromatic carbocycles. The molecule has 0 radical (unpaired) electrons. The molecule has 3 N–H and O–H groups in total. The van der Waals surface area contributed by atoms with Gasteiger partial charge in [-0.3, -0.25) is 4.68 Å². The zero-order chi connectivity index (χ0) is 13.9. The highest BCUT2D eigenvalue weighted by molar-refractivity contribution is 7.89. The highest BCUT2D eigenvalue weighted by Gasteiger charge is 2.17. The van der Waals surface area contributed by atoms with Gasteiger partial charge in [-0.15, -0.1) is 0 Å². The summed E-state index contributed by atoms with van der Waals surface area (Å²) in [6, 6.07) is 8.96. The molecule has 2 aromatic rings. The van der Waals surface area contributed by atoms with E-state index in [1.807, 2.05) is 30.3 Å². The molecule has 1 aromatic heterocycles. The SMILES string of the molecule is Cn1cc(S(=O)(=O)NC[C@H](N)c2ccccc2)cn1. The van der Waals surface area contributed by atoms with E-state index >= 15 is 0 Å². The smallest absolute Gasteiger partial charge is 0.243 e. The first-order valence-corrected chi connectivity index (χ1v) is 7.26. The number of hydrogen-bond donors (Lipinski definition) is 2. The number of benzene rings is 1. The number of nitrogens with one attached hydrogen (secondary N) is 1. The first-order chi connectivity index (χ1) is 8.99. The van der Waals surface area contributed by atoms with Crippen molar-refractivity contribution in [3.8, 4) is 0 Å². The average molecular weight is 280 g/mol. The Bertz CT molecular complexity index is 637. The molecule has 2 rings (SSSR count). The summed E-state index contributed by atoms with van der Waals surface area (Å²) in [5.74, 6) is 0. The zero-order valence-corrected chi connectivity index (χ0v) is 11.3. The van der Waals surface area contributed by atoms with Crippen LogP contribution < -0.4 is 10.5 Å². The summed E-state index contributed by atoms with van der Waals surface area (Å²) < 4.78 is 27.8. The summed E-state index contributed by atoms with van der Waals surface area (Å²) in [6.07, 6.45) is 2.74. The van der Waals surface area contributed by atoms with E-state index in [1.54, 1.807) is 7.05 Å². The van der Waals surface area contributed by atoms with E-state index in [1.165, 1.54) is 17.1 Å². The minimum atomic E-state index is -3.56. The second-order valence-electron chi connectivity index (χ2n) is 4.22. The molecule has 0 saturated carbocycles. The molecular weight excluding hydrogens is 264 g/mol. The maximum atomic E-state index is 12.0. The molecule has 1 atom stereocenters. The molecule has 0 bridgehead atoms. The Balaban J connectivity index is 2.03. The lowest BCUT2D eigenvalue weighted by molar-refractivity contribution is 0.572. The highest BCUT2D eigenvalue weighted by Crippen LogP contribution is 2.10. The van der Waals surface area contributed by atoms with Crippen LogP contribution in [0, 0.1) is 0 Å². The lowest BCUT2D eigenvalue weighted by atomic mass is 10.1. The van der Waals surface area contributed by atoms with Gasteiger partial charge in [-0.25, -0.2) is 13.1 Å². The van der Waals surface area contributed by atoms with Crippen molar-refractivity contribution >= 4 is 10.0 Å². The van der Waals surface area contributed by atoms with E-state index in [-0.39, 0.29) is 17.5 Å². The largest absolute Gasteiger partial charge is 0.323 e. The van der Waals surface area contributed by atoms with Gasteiger partial charge in [0.1, 0.15) is 4.90 Å². The fourth-order valence-corrected chi connectivity index (χ4v) is 2.68. The molecule has 0 saturated heterocycles. The van der Waals surface area contributed by atoms with Crippen LogP contribution in [0.2, 0.25) is 0 Å². The second-order valence-corrected chi connectivity index (χ2v) is 5.99. The molecule has 0 aliphatic carbocycles. The van der Waals surface area contributed by atoms with Crippen molar-refractivity contribution in [2.24, 2.45) is 12.8 Å². The number of nitrogens with zero attached hydrogens (tertiary/aromatic N) is 2. The predicted octanol–water partition coefficient (Wildman–Crippen LogP) is 0.398. The molecule has 0 aliphatic heterocycles. The molecule has 0 unspecified atom stereocenters. The zero-order valence-electron chi connectivity index (χ0n) is 10.5. The van der Waals surface area contributed by atoms with Crippen molar-refractivity contribution in [1.29, 1.82) is 0 Å². The maximum Gasteiger partial charge on any atom is 0.243 e. The van der Waals surface area contributed by atoms with Crippen LogP contribution in [-0.2, 0) is 17.1 Å². The molecule has 0 amide bonds. The third-order valence-corrected chi connectivity index (χ3v) is 4.09. The molecule has 7 heteroatoms. The standard InChI is InChI=1S/C12H16N4O2S/c1-16-9-11(7-14-16)19(17,18)15-8-12(13)10-5-3-2-4-6-10/h2-7,9,12,15H,8,13H2,1H3/t12-/m0/s1. The number of aromatic nitrogens is 2. The molecule has 0 aliphatic rings. The Morgan fingerprint density at radius 2 is 2.05 bits per heavy atom. The van der Waals surface area contributed by atoms with E-state index in [4.69, 9.17) is 5.73 Å². The normalized spacial score (nSPS) is 13.4. The highest BCUT2D eigenvalue weighted by atomic mass is 32.2. The van der Waals surface area contributed by atoms with Crippen molar-refractivity contribution < 1.29 is 8.42 Å². The van der Waals surface area contributed by atoms with Crippen molar-refractivity contribution in [3.05, 3.63) is 48.3 Å². The van der Waals surface area contributed by atoms with Gasteiger partial charge in [-0.05, 0) is 5.56 Å². The summed E-state index contributed by atoms with van der Waals surface area (Å²) in [6.45, 7) is 0.140. The summed E-state index contributed by atoms with van der Waals surface area (Å²) in [7, 11) is -1.89. The summed E-state index contributed by atoms with van der Waals surface area (Å²) in [5.41, 5.74) is 6.82. The van der Waals surface area contributed by atoms with Crippen molar-refractivity contribution in [2.75, 3.05) is 6.54 Å². The van der Waals surface area contributed by atoms with E-state index in [0.717, 1.165) is 5.56 Å². The van der Waals surface area contributed by atoms with Gasteiger partial charge in [0.2, 0.25) is 10.0 Å². The van der Waals surface area contributed by atoms with Gasteiger partial charge in [-0.2, -0.15) is 5.10 Å². The minimum absolute atomic E-state index is 0.135. The van der Waals surface area contributed by atoms with Crippen molar-refractivity contribution in [3.63, 3.8) is 0 Å². The van der Waals surface area contributed by atoms with E-state index in [2.05, 4.69) is 9.82 Å². The molecular formula is C12H16N4O2S. The average Bonchev–Trinajstić information content (AvgIpc) is 2.85. The van der Waals surface area contributed by atoms with Crippen LogP contribution in [0.5, 0.6) is 0 Å². The number of hydrogen-bond acceptors (Lipinski definition) is 4. The molecule has 19 heavy (non-hydrogen) atoms. The molecule has 0 spiro atoms. The van der Waals surface area contributed by atoms with Crippen molar-refractivity contribution in [1.82, 2.24) is 14.5 Å². The van der Waals surface area contributed by atoms with E-state index in [0.29, 0.717) is 0 Å². The lowest BCUT2D eigenvalue weighted by Crippen LogP contribution is -2.31. The Labute approximate surface area is 112 Å². The van der Waals surface area contributed by atoms with Crippen molar-refractivity contribution in [2.45, 2.75) is 10.9 Å². The number of nitrogens with two attached hydrogens (primary N) is 1. The van der Waals surface area contributed by atoms with E-state index < -0.39 is 10.0 Å². The first-order valence-electron chi connectivity index (χ1n) is 5.78. The maximum absolute atomic E-state index is 12.0. The summed E-state index contributed by atoms with van der Waals surface area (Å²) in [4.78, 5) is 0.135. The van der Waals surface area contributed by atoms with Crippen LogP contribution in [0.25, 0.3) is 0 Å². The van der Waals surface area contributed by atoms with Crippen LogP contribution in [0.1, 0.15) is 11.6 Å². The monoisotopic (exact) mass is 280 g/mol. The quantitative estimate of drug-likeness (QED) is 0.829.